The third-order valence-corrected chi connectivity index (χ3v) is 4.70. The van der Waals surface area contributed by atoms with Gasteiger partial charge < -0.3 is 20.3 Å². The van der Waals surface area contributed by atoms with Crippen LogP contribution in [0, 0.1) is 24.2 Å². The van der Waals surface area contributed by atoms with Gasteiger partial charge in [-0.15, -0.1) is 0 Å². The number of hydrogen-bond donors (Lipinski definition) is 3. The number of carbonyl (C=O) groups is 1. The Morgan fingerprint density at radius 3 is 2.74 bits per heavy atom. The van der Waals surface area contributed by atoms with Crippen molar-refractivity contribution in [3.63, 3.8) is 0 Å². The minimum atomic E-state index is -1.06. The first-order chi connectivity index (χ1) is 11.0. The van der Waals surface area contributed by atoms with Gasteiger partial charge in [-0.3, -0.25) is 0 Å². The average Bonchev–Trinajstić information content (AvgIpc) is 3.12. The van der Waals surface area contributed by atoms with E-state index in [0.29, 0.717) is 24.4 Å². The molecule has 1 unspecified atom stereocenters. The van der Waals surface area contributed by atoms with Crippen LogP contribution < -0.4 is 10.1 Å². The Bertz CT molecular complexity index is 692. The maximum absolute atomic E-state index is 10.8. The summed E-state index contributed by atoms with van der Waals surface area (Å²) in [5.74, 6) is 0.508. The highest BCUT2D eigenvalue weighted by molar-refractivity contribution is 5.66. The Balaban J connectivity index is 1.82. The summed E-state index contributed by atoms with van der Waals surface area (Å²) < 4.78 is 5.75. The molecule has 1 aromatic heterocycles. The van der Waals surface area contributed by atoms with Crippen molar-refractivity contribution in [2.75, 3.05) is 13.2 Å². The van der Waals surface area contributed by atoms with E-state index < -0.39 is 11.6 Å². The number of aliphatic hydroxyl groups excluding tert-OH is 1. The van der Waals surface area contributed by atoms with E-state index in [1.54, 1.807) is 0 Å². The Hall–Kier alpha value is -2.33. The molecule has 1 saturated carbocycles. The first kappa shape index (κ1) is 15.6. The van der Waals surface area contributed by atoms with Gasteiger partial charge in [0.2, 0.25) is 5.88 Å². The molecule has 1 aromatic rings. The monoisotopic (exact) mass is 317 g/mol. The van der Waals surface area contributed by atoms with Gasteiger partial charge in [-0.05, 0) is 49.7 Å². The standard InChI is InChI=1S/C16H19N3O4/c1-9-11-4-10(7-20)5-12(11)13(6-17)18-14(9)23-8-16(2-3-16)19-15(21)22/h10,19-20H,2-5,7-8H2,1H3,(H,21,22). The first-order valence-corrected chi connectivity index (χ1v) is 7.65. The Morgan fingerprint density at radius 2 is 2.17 bits per heavy atom. The molecule has 23 heavy (non-hydrogen) atoms. The normalized spacial score (nSPS) is 20.5. The predicted molar refractivity (Wildman–Crippen MR) is 80.3 cm³/mol. The van der Waals surface area contributed by atoms with Gasteiger partial charge in [-0.1, -0.05) is 0 Å². The second-order valence-corrected chi connectivity index (χ2v) is 6.42. The molecule has 0 aromatic carbocycles. The van der Waals surface area contributed by atoms with Crippen molar-refractivity contribution in [2.45, 2.75) is 38.1 Å². The second kappa shape index (κ2) is 5.70. The number of nitriles is 1. The summed E-state index contributed by atoms with van der Waals surface area (Å²) in [6.07, 6.45) is 1.78. The first-order valence-electron chi connectivity index (χ1n) is 7.65. The third kappa shape index (κ3) is 2.94. The Morgan fingerprint density at radius 1 is 1.48 bits per heavy atom. The molecule has 1 fully saturated rings. The highest BCUT2D eigenvalue weighted by atomic mass is 16.5. The van der Waals surface area contributed by atoms with Gasteiger partial charge >= 0.3 is 6.09 Å². The average molecular weight is 317 g/mol. The Labute approximate surface area is 133 Å². The van der Waals surface area contributed by atoms with Gasteiger partial charge in [0.15, 0.2) is 0 Å². The highest BCUT2D eigenvalue weighted by Gasteiger charge is 2.45. The van der Waals surface area contributed by atoms with Gasteiger partial charge in [-0.25, -0.2) is 9.78 Å². The van der Waals surface area contributed by atoms with Crippen molar-refractivity contribution in [3.05, 3.63) is 22.4 Å². The number of nitrogens with zero attached hydrogens (tertiary/aromatic N) is 2. The minimum absolute atomic E-state index is 0.0841. The molecule has 1 amide bonds. The molecule has 0 aliphatic heterocycles. The molecule has 122 valence electrons. The van der Waals surface area contributed by atoms with Gasteiger partial charge in [-0.2, -0.15) is 5.26 Å². The fraction of sp³-hybridized carbons (Fsp3) is 0.562. The number of carboxylic acid groups (broad SMARTS) is 1. The van der Waals surface area contributed by atoms with Crippen LogP contribution in [-0.2, 0) is 12.8 Å². The highest BCUT2D eigenvalue weighted by Crippen LogP contribution is 2.38. The van der Waals surface area contributed by atoms with Crippen LogP contribution >= 0.6 is 0 Å². The van der Waals surface area contributed by atoms with Crippen LogP contribution in [0.25, 0.3) is 0 Å². The van der Waals surface area contributed by atoms with Crippen molar-refractivity contribution in [1.82, 2.24) is 10.3 Å². The van der Waals surface area contributed by atoms with Crippen LogP contribution in [0.2, 0.25) is 0 Å². The van der Waals surface area contributed by atoms with Crippen molar-refractivity contribution in [2.24, 2.45) is 5.92 Å². The van der Waals surface area contributed by atoms with Gasteiger partial charge in [0.05, 0.1) is 5.54 Å². The van der Waals surface area contributed by atoms with Crippen LogP contribution in [-0.4, -0.2) is 40.0 Å². The Kier molecular flexibility index (Phi) is 3.86. The summed E-state index contributed by atoms with van der Waals surface area (Å²) in [7, 11) is 0. The molecule has 7 heteroatoms. The van der Waals surface area contributed by atoms with Gasteiger partial charge in [0, 0.05) is 12.2 Å². The topological polar surface area (TPSA) is 115 Å². The zero-order valence-corrected chi connectivity index (χ0v) is 12.9. The maximum atomic E-state index is 10.8. The lowest BCUT2D eigenvalue weighted by molar-refractivity contribution is 0.176. The number of rotatable bonds is 5. The molecular formula is C16H19N3O4. The van der Waals surface area contributed by atoms with E-state index in [-0.39, 0.29) is 19.1 Å². The van der Waals surface area contributed by atoms with Crippen LogP contribution in [0.3, 0.4) is 0 Å². The number of amides is 1. The number of ether oxygens (including phenoxy) is 1. The number of aromatic nitrogens is 1. The van der Waals surface area contributed by atoms with E-state index >= 15 is 0 Å². The quantitative estimate of drug-likeness (QED) is 0.750. The van der Waals surface area contributed by atoms with Crippen molar-refractivity contribution >= 4 is 6.09 Å². The third-order valence-electron chi connectivity index (χ3n) is 4.70. The lowest BCUT2D eigenvalue weighted by atomic mass is 10.0. The molecular weight excluding hydrogens is 298 g/mol. The molecule has 0 bridgehead atoms. The van der Waals surface area contributed by atoms with Crippen LogP contribution in [0.5, 0.6) is 5.88 Å². The smallest absolute Gasteiger partial charge is 0.405 e. The zero-order valence-electron chi connectivity index (χ0n) is 12.9. The lowest BCUT2D eigenvalue weighted by Gasteiger charge is -2.18. The summed E-state index contributed by atoms with van der Waals surface area (Å²) in [5, 5.41) is 30.0. The SMILES string of the molecule is Cc1c(OCC2(NC(=O)O)CC2)nc(C#N)c2c1CC(CO)C2. The van der Waals surface area contributed by atoms with Crippen molar-refractivity contribution in [1.29, 1.82) is 5.26 Å². The lowest BCUT2D eigenvalue weighted by Crippen LogP contribution is -2.40. The fourth-order valence-corrected chi connectivity index (χ4v) is 3.15. The number of aliphatic hydroxyl groups is 1. The predicted octanol–water partition coefficient (Wildman–Crippen LogP) is 1.15. The van der Waals surface area contributed by atoms with Crippen molar-refractivity contribution in [3.8, 4) is 11.9 Å². The fourth-order valence-electron chi connectivity index (χ4n) is 3.15. The van der Waals surface area contributed by atoms with E-state index in [0.717, 1.165) is 29.5 Å². The summed E-state index contributed by atoms with van der Waals surface area (Å²) in [5.41, 5.74) is 2.62. The second-order valence-electron chi connectivity index (χ2n) is 6.42. The van der Waals surface area contributed by atoms with Crippen LogP contribution in [0.15, 0.2) is 0 Å². The van der Waals surface area contributed by atoms with Crippen LogP contribution in [0.4, 0.5) is 4.79 Å². The largest absolute Gasteiger partial charge is 0.475 e. The number of pyridine rings is 1. The van der Waals surface area contributed by atoms with Gasteiger partial charge in [0.25, 0.3) is 0 Å². The molecule has 2 aliphatic rings. The number of nitrogens with one attached hydrogen (secondary N) is 1. The summed E-state index contributed by atoms with van der Waals surface area (Å²) in [4.78, 5) is 15.1. The van der Waals surface area contributed by atoms with E-state index in [2.05, 4.69) is 16.4 Å². The molecule has 3 rings (SSSR count). The van der Waals surface area contributed by atoms with Crippen LogP contribution in [0.1, 0.15) is 35.2 Å². The molecule has 0 saturated heterocycles. The minimum Gasteiger partial charge on any atom is -0.475 e. The molecule has 1 atom stereocenters. The molecule has 0 radical (unpaired) electrons. The molecule has 7 nitrogen and oxygen atoms in total. The van der Waals surface area contributed by atoms with Crippen molar-refractivity contribution < 1.29 is 19.7 Å². The van der Waals surface area contributed by atoms with E-state index in [1.807, 2.05) is 6.92 Å². The van der Waals surface area contributed by atoms with E-state index in [9.17, 15) is 15.2 Å². The summed E-state index contributed by atoms with van der Waals surface area (Å²) >= 11 is 0. The molecule has 0 spiro atoms. The van der Waals surface area contributed by atoms with E-state index in [1.165, 1.54) is 0 Å². The zero-order chi connectivity index (χ0) is 16.6. The number of hydrogen-bond acceptors (Lipinski definition) is 5. The summed E-state index contributed by atoms with van der Waals surface area (Å²) in [6.45, 7) is 2.19. The van der Waals surface area contributed by atoms with Gasteiger partial charge in [0.1, 0.15) is 18.4 Å². The molecule has 3 N–H and O–H groups in total. The molecule has 1 heterocycles. The maximum Gasteiger partial charge on any atom is 0.405 e. The van der Waals surface area contributed by atoms with E-state index in [4.69, 9.17) is 9.84 Å². The molecule has 2 aliphatic carbocycles. The summed E-state index contributed by atoms with van der Waals surface area (Å²) in [6, 6.07) is 2.10. The number of fused-ring (bicyclic) bond motifs is 1.